The Labute approximate surface area is 231 Å². The minimum atomic E-state index is -3.96. The molecule has 0 spiro atoms. The molecule has 0 saturated heterocycles. The summed E-state index contributed by atoms with van der Waals surface area (Å²) >= 11 is 12.0. The number of carbonyl (C=O) groups excluding carboxylic acids is 1. The number of amides is 1. The highest BCUT2D eigenvalue weighted by Gasteiger charge is 2.24. The minimum Gasteiger partial charge on any atom is -0.396 e. The number of nitrogen functional groups attached to an aromatic ring is 2. The molecule has 0 fully saturated rings. The fourth-order valence-electron chi connectivity index (χ4n) is 4.09. The maximum absolute atomic E-state index is 13.0. The standard InChI is InChI=1S/C25H25Cl2N5O3S.ClH/c26-20-13-19(14-21(27)24(20)28)36(34,35)31-18-8-9-22-17(12-18)2-1-11-32(22)23(33)10-5-15-3-6-16(7-4-15)25(29)30;/h3-4,6-9,12-14,31H,1-2,5,10-11,28H2,(H3,29,30);1H. The number of benzene rings is 3. The van der Waals surface area contributed by atoms with Crippen molar-refractivity contribution < 1.29 is 13.2 Å². The van der Waals surface area contributed by atoms with E-state index in [1.807, 2.05) is 12.1 Å². The summed E-state index contributed by atoms with van der Waals surface area (Å²) in [5, 5.41) is 7.58. The Bertz CT molecular complexity index is 1420. The Morgan fingerprint density at radius 2 is 1.70 bits per heavy atom. The van der Waals surface area contributed by atoms with Crippen LogP contribution in [0.5, 0.6) is 0 Å². The maximum atomic E-state index is 13.0. The highest BCUT2D eigenvalue weighted by atomic mass is 35.5. The molecule has 1 amide bonds. The smallest absolute Gasteiger partial charge is 0.261 e. The summed E-state index contributed by atoms with van der Waals surface area (Å²) in [4.78, 5) is 14.7. The molecule has 0 atom stereocenters. The van der Waals surface area contributed by atoms with Crippen LogP contribution in [0.3, 0.4) is 0 Å². The van der Waals surface area contributed by atoms with Gasteiger partial charge in [-0.1, -0.05) is 47.5 Å². The summed E-state index contributed by atoms with van der Waals surface area (Å²) in [7, 11) is -3.96. The zero-order chi connectivity index (χ0) is 26.0. The lowest BCUT2D eigenvalue weighted by molar-refractivity contribution is -0.118. The number of hydrogen-bond donors (Lipinski definition) is 4. The first-order chi connectivity index (χ1) is 17.0. The molecule has 0 aromatic heterocycles. The predicted molar refractivity (Wildman–Crippen MR) is 152 cm³/mol. The normalized spacial score (nSPS) is 12.9. The van der Waals surface area contributed by atoms with E-state index in [-0.39, 0.29) is 44.8 Å². The van der Waals surface area contributed by atoms with E-state index >= 15 is 0 Å². The summed E-state index contributed by atoms with van der Waals surface area (Å²) in [6, 6.07) is 14.9. The molecule has 4 rings (SSSR count). The molecule has 1 heterocycles. The van der Waals surface area contributed by atoms with E-state index in [9.17, 15) is 13.2 Å². The monoisotopic (exact) mass is 581 g/mol. The number of rotatable bonds is 7. The van der Waals surface area contributed by atoms with Gasteiger partial charge in [0, 0.05) is 29.9 Å². The van der Waals surface area contributed by atoms with Crippen molar-refractivity contribution in [1.82, 2.24) is 0 Å². The summed E-state index contributed by atoms with van der Waals surface area (Å²) in [5.41, 5.74) is 15.0. The number of nitrogens with zero attached hydrogens (tertiary/aromatic N) is 1. The molecule has 0 radical (unpaired) electrons. The highest BCUT2D eigenvalue weighted by Crippen LogP contribution is 2.33. The number of sulfonamides is 1. The molecule has 1 aliphatic rings. The van der Waals surface area contributed by atoms with Crippen LogP contribution in [0.4, 0.5) is 17.1 Å². The maximum Gasteiger partial charge on any atom is 0.261 e. The fraction of sp³-hybridized carbons (Fsp3) is 0.200. The first kappa shape index (κ1) is 28.6. The number of anilines is 3. The average molecular weight is 583 g/mol. The van der Waals surface area contributed by atoms with Gasteiger partial charge in [-0.25, -0.2) is 8.42 Å². The van der Waals surface area contributed by atoms with Gasteiger partial charge < -0.3 is 16.4 Å². The second kappa shape index (κ2) is 11.6. The average Bonchev–Trinajstić information content (AvgIpc) is 2.85. The van der Waals surface area contributed by atoms with E-state index in [4.69, 9.17) is 40.1 Å². The van der Waals surface area contributed by atoms with Crippen molar-refractivity contribution in [1.29, 1.82) is 5.41 Å². The second-order valence-corrected chi connectivity index (χ2v) is 11.0. The Morgan fingerprint density at radius 3 is 2.32 bits per heavy atom. The quantitative estimate of drug-likeness (QED) is 0.176. The SMILES string of the molecule is Cl.N=C(N)c1ccc(CCC(=O)N2CCCc3cc(NS(=O)(=O)c4cc(Cl)c(N)c(Cl)c4)ccc32)cc1. The topological polar surface area (TPSA) is 142 Å². The van der Waals surface area contributed by atoms with Crippen LogP contribution in [0.15, 0.2) is 59.5 Å². The molecule has 0 unspecified atom stereocenters. The fourth-order valence-corrected chi connectivity index (χ4v) is 5.80. The third-order valence-corrected chi connectivity index (χ3v) is 7.99. The van der Waals surface area contributed by atoms with Crippen molar-refractivity contribution >= 4 is 74.4 Å². The van der Waals surface area contributed by atoms with Crippen molar-refractivity contribution in [2.45, 2.75) is 30.6 Å². The molecule has 8 nitrogen and oxygen atoms in total. The van der Waals surface area contributed by atoms with Gasteiger partial charge in [-0.15, -0.1) is 12.4 Å². The molecule has 0 saturated carbocycles. The highest BCUT2D eigenvalue weighted by molar-refractivity contribution is 7.92. The van der Waals surface area contributed by atoms with Crippen LogP contribution in [0.25, 0.3) is 0 Å². The van der Waals surface area contributed by atoms with Gasteiger partial charge >= 0.3 is 0 Å². The lowest BCUT2D eigenvalue weighted by Crippen LogP contribution is -2.35. The number of nitrogens with one attached hydrogen (secondary N) is 2. The lowest BCUT2D eigenvalue weighted by atomic mass is 10.00. The summed E-state index contributed by atoms with van der Waals surface area (Å²) in [6.07, 6.45) is 2.38. The Morgan fingerprint density at radius 1 is 1.05 bits per heavy atom. The number of fused-ring (bicyclic) bond motifs is 1. The summed E-state index contributed by atoms with van der Waals surface area (Å²) in [5.74, 6) is -0.00338. The van der Waals surface area contributed by atoms with Crippen LogP contribution in [0.1, 0.15) is 29.5 Å². The van der Waals surface area contributed by atoms with Crippen molar-refractivity contribution in [2.24, 2.45) is 5.73 Å². The van der Waals surface area contributed by atoms with E-state index in [1.54, 1.807) is 35.2 Å². The molecule has 1 aliphatic heterocycles. The van der Waals surface area contributed by atoms with Gasteiger partial charge in [0.2, 0.25) is 5.91 Å². The number of nitrogens with two attached hydrogens (primary N) is 2. The van der Waals surface area contributed by atoms with Crippen LogP contribution < -0.4 is 21.1 Å². The van der Waals surface area contributed by atoms with E-state index in [1.165, 1.54) is 12.1 Å². The van der Waals surface area contributed by atoms with Gasteiger partial charge in [0.05, 0.1) is 20.6 Å². The molecule has 0 aliphatic carbocycles. The number of amidine groups is 1. The zero-order valence-electron chi connectivity index (χ0n) is 19.6. The van der Waals surface area contributed by atoms with E-state index in [2.05, 4.69) is 4.72 Å². The number of aryl methyl sites for hydroxylation is 2. The van der Waals surface area contributed by atoms with Crippen molar-refractivity contribution in [3.63, 3.8) is 0 Å². The second-order valence-electron chi connectivity index (χ2n) is 8.51. The van der Waals surface area contributed by atoms with Gasteiger partial charge in [-0.2, -0.15) is 0 Å². The number of halogens is 3. The van der Waals surface area contributed by atoms with Crippen LogP contribution in [0.2, 0.25) is 10.0 Å². The largest absolute Gasteiger partial charge is 0.396 e. The minimum absolute atomic E-state index is 0. The molecular weight excluding hydrogens is 557 g/mol. The van der Waals surface area contributed by atoms with Gasteiger partial charge in [0.25, 0.3) is 10.0 Å². The van der Waals surface area contributed by atoms with Crippen LogP contribution >= 0.6 is 35.6 Å². The number of carbonyl (C=O) groups is 1. The van der Waals surface area contributed by atoms with Crippen molar-refractivity contribution in [3.8, 4) is 0 Å². The molecule has 37 heavy (non-hydrogen) atoms. The van der Waals surface area contributed by atoms with E-state index in [0.29, 0.717) is 30.6 Å². The van der Waals surface area contributed by atoms with Crippen molar-refractivity contribution in [3.05, 3.63) is 81.3 Å². The van der Waals surface area contributed by atoms with Gasteiger partial charge in [0.15, 0.2) is 0 Å². The molecule has 3 aromatic rings. The third kappa shape index (κ3) is 6.48. The van der Waals surface area contributed by atoms with Gasteiger partial charge in [-0.05, 0) is 60.7 Å². The molecule has 6 N–H and O–H groups in total. The lowest BCUT2D eigenvalue weighted by Gasteiger charge is -2.30. The molecule has 12 heteroatoms. The number of hydrogen-bond acceptors (Lipinski definition) is 5. The Hall–Kier alpha value is -2.98. The molecule has 3 aromatic carbocycles. The first-order valence-electron chi connectivity index (χ1n) is 11.2. The molecule has 0 bridgehead atoms. The molecular formula is C25H26Cl3N5O3S. The van der Waals surface area contributed by atoms with Crippen LogP contribution in [-0.2, 0) is 27.7 Å². The zero-order valence-corrected chi connectivity index (χ0v) is 22.8. The van der Waals surface area contributed by atoms with E-state index in [0.717, 1.165) is 29.7 Å². The van der Waals surface area contributed by atoms with Crippen LogP contribution in [-0.4, -0.2) is 26.7 Å². The Balaban J connectivity index is 0.00000380. The summed E-state index contributed by atoms with van der Waals surface area (Å²) in [6.45, 7) is 0.600. The summed E-state index contributed by atoms with van der Waals surface area (Å²) < 4.78 is 28.3. The molecule has 196 valence electrons. The predicted octanol–water partition coefficient (Wildman–Crippen LogP) is 4.99. The third-order valence-electron chi connectivity index (χ3n) is 6.01. The Kier molecular flexibility index (Phi) is 8.96. The van der Waals surface area contributed by atoms with Crippen LogP contribution in [0, 0.1) is 5.41 Å². The van der Waals surface area contributed by atoms with Gasteiger partial charge in [0.1, 0.15) is 5.84 Å². The van der Waals surface area contributed by atoms with Gasteiger partial charge in [-0.3, -0.25) is 14.9 Å². The first-order valence-corrected chi connectivity index (χ1v) is 13.4. The van der Waals surface area contributed by atoms with E-state index < -0.39 is 10.0 Å². The van der Waals surface area contributed by atoms with Crippen molar-refractivity contribution in [2.75, 3.05) is 21.9 Å².